The fourth-order valence-electron chi connectivity index (χ4n) is 4.67. The molecule has 1 N–H and O–H groups in total. The van der Waals surface area contributed by atoms with E-state index in [4.69, 9.17) is 4.74 Å². The fourth-order valence-corrected chi connectivity index (χ4v) is 6.24. The van der Waals surface area contributed by atoms with Gasteiger partial charge in [-0.05, 0) is 68.5 Å². The molecule has 2 aromatic rings. The van der Waals surface area contributed by atoms with Gasteiger partial charge in [0, 0.05) is 25.2 Å². The highest BCUT2D eigenvalue weighted by Gasteiger charge is 2.29. The Morgan fingerprint density at radius 3 is 2.49 bits per heavy atom. The molecule has 0 spiro atoms. The van der Waals surface area contributed by atoms with Crippen LogP contribution in [0.15, 0.2) is 47.4 Å². The first-order chi connectivity index (χ1) is 16.9. The van der Waals surface area contributed by atoms with Crippen LogP contribution in [0.1, 0.15) is 51.0 Å². The lowest BCUT2D eigenvalue weighted by molar-refractivity contribution is -0.121. The molecule has 0 unspecified atom stereocenters. The van der Waals surface area contributed by atoms with Gasteiger partial charge in [0.05, 0.1) is 17.2 Å². The van der Waals surface area contributed by atoms with E-state index in [2.05, 4.69) is 5.32 Å². The molecule has 4 rings (SSSR count). The molecule has 2 heterocycles. The monoisotopic (exact) mass is 499 g/mol. The van der Waals surface area contributed by atoms with Gasteiger partial charge in [-0.3, -0.25) is 9.59 Å². The summed E-state index contributed by atoms with van der Waals surface area (Å²) in [6.07, 6.45) is 5.31. The highest BCUT2D eigenvalue weighted by Crippen LogP contribution is 2.31. The second kappa shape index (κ2) is 11.2. The molecule has 188 valence electrons. The van der Waals surface area contributed by atoms with Gasteiger partial charge in [0.25, 0.3) is 0 Å². The molecule has 2 aliphatic rings. The van der Waals surface area contributed by atoms with Gasteiger partial charge >= 0.3 is 0 Å². The maximum atomic E-state index is 13.3. The number of aryl methyl sites for hydroxylation is 1. The van der Waals surface area contributed by atoms with E-state index in [1.807, 2.05) is 13.0 Å². The van der Waals surface area contributed by atoms with Crippen molar-refractivity contribution in [3.63, 3.8) is 0 Å². The van der Waals surface area contributed by atoms with Gasteiger partial charge in [-0.15, -0.1) is 0 Å². The second-order valence-corrected chi connectivity index (χ2v) is 10.9. The number of fused-ring (bicyclic) bond motifs is 1. The molecular weight excluding hydrogens is 466 g/mol. The Morgan fingerprint density at radius 1 is 1.00 bits per heavy atom. The van der Waals surface area contributed by atoms with Crippen molar-refractivity contribution < 1.29 is 22.7 Å². The normalized spacial score (nSPS) is 17.3. The molecule has 8 nitrogen and oxygen atoms in total. The van der Waals surface area contributed by atoms with Crippen LogP contribution in [-0.4, -0.2) is 50.8 Å². The molecule has 1 saturated heterocycles. The van der Waals surface area contributed by atoms with E-state index in [0.29, 0.717) is 56.1 Å². The van der Waals surface area contributed by atoms with E-state index in [1.54, 1.807) is 40.7 Å². The summed E-state index contributed by atoms with van der Waals surface area (Å²) in [7, 11) is -3.60. The number of hydrogen-bond donors (Lipinski definition) is 1. The number of benzene rings is 2. The van der Waals surface area contributed by atoms with E-state index in [-0.39, 0.29) is 23.3 Å². The van der Waals surface area contributed by atoms with Gasteiger partial charge in [0.2, 0.25) is 21.8 Å². The number of sulfonamides is 1. The number of amides is 2. The zero-order valence-corrected chi connectivity index (χ0v) is 21.0. The molecule has 0 saturated carbocycles. The number of anilines is 2. The average molecular weight is 500 g/mol. The number of nitrogens with one attached hydrogen (secondary N) is 1. The van der Waals surface area contributed by atoms with Gasteiger partial charge in [0.1, 0.15) is 12.3 Å². The molecule has 2 aliphatic heterocycles. The highest BCUT2D eigenvalue weighted by molar-refractivity contribution is 7.89. The Bertz CT molecular complexity index is 1170. The SMILES string of the molecule is CCOc1ccccc1NC(=O)CN1C(=O)CCCc2cc(S(=O)(=O)N3CCCCCC3)ccc21. The third kappa shape index (κ3) is 5.85. The zero-order valence-electron chi connectivity index (χ0n) is 20.2. The van der Waals surface area contributed by atoms with E-state index >= 15 is 0 Å². The van der Waals surface area contributed by atoms with Crippen LogP contribution in [0.25, 0.3) is 0 Å². The predicted molar refractivity (Wildman–Crippen MR) is 135 cm³/mol. The van der Waals surface area contributed by atoms with Crippen LogP contribution in [0, 0.1) is 0 Å². The quantitative estimate of drug-likeness (QED) is 0.622. The van der Waals surface area contributed by atoms with Crippen molar-refractivity contribution in [1.29, 1.82) is 0 Å². The van der Waals surface area contributed by atoms with Crippen LogP contribution in [0.5, 0.6) is 5.75 Å². The Labute approximate surface area is 207 Å². The molecule has 0 aromatic heterocycles. The first-order valence-corrected chi connectivity index (χ1v) is 13.8. The smallest absolute Gasteiger partial charge is 0.244 e. The molecule has 2 amide bonds. The minimum Gasteiger partial charge on any atom is -0.492 e. The van der Waals surface area contributed by atoms with E-state index in [9.17, 15) is 18.0 Å². The van der Waals surface area contributed by atoms with E-state index in [1.165, 1.54) is 4.90 Å². The number of ether oxygens (including phenoxy) is 1. The first-order valence-electron chi connectivity index (χ1n) is 12.4. The summed E-state index contributed by atoms with van der Waals surface area (Å²) in [5.74, 6) is 0.0639. The Morgan fingerprint density at radius 2 is 1.74 bits per heavy atom. The lowest BCUT2D eigenvalue weighted by Crippen LogP contribution is -2.38. The lowest BCUT2D eigenvalue weighted by atomic mass is 10.1. The number of nitrogens with zero attached hydrogens (tertiary/aromatic N) is 2. The van der Waals surface area contributed by atoms with Crippen molar-refractivity contribution in [2.75, 3.05) is 36.5 Å². The average Bonchev–Trinajstić information content (AvgIpc) is 3.21. The molecule has 9 heteroatoms. The minimum absolute atomic E-state index is 0.153. The highest BCUT2D eigenvalue weighted by atomic mass is 32.2. The van der Waals surface area contributed by atoms with Crippen LogP contribution in [0.2, 0.25) is 0 Å². The zero-order chi connectivity index (χ0) is 24.8. The molecule has 0 atom stereocenters. The Balaban J connectivity index is 1.56. The molecule has 1 fully saturated rings. The molecule has 35 heavy (non-hydrogen) atoms. The summed E-state index contributed by atoms with van der Waals surface area (Å²) in [6.45, 7) is 3.24. The van der Waals surface area contributed by atoms with Crippen molar-refractivity contribution in [3.05, 3.63) is 48.0 Å². The van der Waals surface area contributed by atoms with Gasteiger partial charge in [-0.25, -0.2) is 8.42 Å². The number of carbonyl (C=O) groups is 2. The van der Waals surface area contributed by atoms with Gasteiger partial charge in [0.15, 0.2) is 0 Å². The third-order valence-electron chi connectivity index (χ3n) is 6.45. The number of para-hydroxylation sites is 2. The lowest BCUT2D eigenvalue weighted by Gasteiger charge is -2.24. The van der Waals surface area contributed by atoms with Gasteiger partial charge in [-0.1, -0.05) is 25.0 Å². The van der Waals surface area contributed by atoms with Crippen molar-refractivity contribution in [2.24, 2.45) is 0 Å². The number of carbonyl (C=O) groups excluding carboxylic acids is 2. The largest absolute Gasteiger partial charge is 0.492 e. The molecule has 0 radical (unpaired) electrons. The summed E-state index contributed by atoms with van der Waals surface area (Å²) in [6, 6.07) is 12.1. The number of rotatable bonds is 7. The predicted octanol–water partition coefficient (Wildman–Crippen LogP) is 3.96. The third-order valence-corrected chi connectivity index (χ3v) is 8.34. The minimum atomic E-state index is -3.60. The fraction of sp³-hybridized carbons (Fsp3) is 0.462. The van der Waals surface area contributed by atoms with Crippen LogP contribution < -0.4 is 15.0 Å². The van der Waals surface area contributed by atoms with Gasteiger partial charge in [-0.2, -0.15) is 4.31 Å². The summed E-state index contributed by atoms with van der Waals surface area (Å²) in [4.78, 5) is 27.5. The van der Waals surface area contributed by atoms with E-state index in [0.717, 1.165) is 31.2 Å². The van der Waals surface area contributed by atoms with Crippen LogP contribution in [-0.2, 0) is 26.0 Å². The summed E-state index contributed by atoms with van der Waals surface area (Å²) >= 11 is 0. The maximum absolute atomic E-state index is 13.3. The number of hydrogen-bond acceptors (Lipinski definition) is 5. The molecule has 2 aromatic carbocycles. The van der Waals surface area contributed by atoms with E-state index < -0.39 is 10.0 Å². The first kappa shape index (κ1) is 25.2. The molecule has 0 aliphatic carbocycles. The summed E-state index contributed by atoms with van der Waals surface area (Å²) in [5.41, 5.74) is 1.91. The van der Waals surface area contributed by atoms with Crippen LogP contribution in [0.3, 0.4) is 0 Å². The van der Waals surface area contributed by atoms with Crippen LogP contribution in [0.4, 0.5) is 11.4 Å². The molecule has 0 bridgehead atoms. The topological polar surface area (TPSA) is 96.0 Å². The van der Waals surface area contributed by atoms with Crippen molar-refractivity contribution >= 4 is 33.2 Å². The molecular formula is C26H33N3O5S. The van der Waals surface area contributed by atoms with Crippen LogP contribution >= 0.6 is 0 Å². The Kier molecular flexibility index (Phi) is 8.07. The Hall–Kier alpha value is -2.91. The summed E-state index contributed by atoms with van der Waals surface area (Å²) < 4.78 is 33.7. The standard InChI is InChI=1S/C26H33N3O5S/c1-2-34-24-12-6-5-11-22(24)27-25(30)19-29-23-15-14-21(18-20(23)10-9-13-26(29)31)35(32,33)28-16-7-3-4-8-17-28/h5-6,11-12,14-15,18H,2-4,7-10,13,16-17,19H2,1H3,(H,27,30). The maximum Gasteiger partial charge on any atom is 0.244 e. The van der Waals surface area contributed by atoms with Gasteiger partial charge < -0.3 is 15.0 Å². The second-order valence-electron chi connectivity index (χ2n) is 8.92. The van der Waals surface area contributed by atoms with Crippen molar-refractivity contribution in [3.8, 4) is 5.75 Å². The summed E-state index contributed by atoms with van der Waals surface area (Å²) in [5, 5.41) is 2.84. The van der Waals surface area contributed by atoms with Crippen molar-refractivity contribution in [1.82, 2.24) is 4.31 Å². The van der Waals surface area contributed by atoms with Crippen molar-refractivity contribution in [2.45, 2.75) is 56.8 Å².